The van der Waals surface area contributed by atoms with E-state index in [4.69, 9.17) is 9.97 Å². The lowest BCUT2D eigenvalue weighted by atomic mass is 10.1. The molecule has 1 aliphatic carbocycles. The SMILES string of the molecule is FC(F)(F)c1cccc(-c2nc(N3CCNCC3)sc2-c2ccnc(NC3CCCC3)n2)c1. The van der Waals surface area contributed by atoms with Gasteiger partial charge in [0.05, 0.1) is 21.8 Å². The first-order valence-corrected chi connectivity index (χ1v) is 12.0. The Morgan fingerprint density at radius 2 is 1.85 bits per heavy atom. The van der Waals surface area contributed by atoms with Crippen molar-refractivity contribution >= 4 is 22.4 Å². The van der Waals surface area contributed by atoms with E-state index in [0.29, 0.717) is 28.9 Å². The van der Waals surface area contributed by atoms with Crippen molar-refractivity contribution in [2.24, 2.45) is 0 Å². The number of benzene rings is 1. The third kappa shape index (κ3) is 4.96. The summed E-state index contributed by atoms with van der Waals surface area (Å²) in [7, 11) is 0. The molecule has 1 aromatic carbocycles. The molecule has 1 aliphatic heterocycles. The summed E-state index contributed by atoms with van der Waals surface area (Å²) in [6.07, 6.45) is 1.86. The molecule has 2 N–H and O–H groups in total. The van der Waals surface area contributed by atoms with Crippen molar-refractivity contribution in [2.75, 3.05) is 36.4 Å². The van der Waals surface area contributed by atoms with Gasteiger partial charge in [-0.25, -0.2) is 15.0 Å². The molecular weight excluding hydrogens is 449 g/mol. The van der Waals surface area contributed by atoms with E-state index in [1.807, 2.05) is 0 Å². The van der Waals surface area contributed by atoms with Gasteiger partial charge in [0.15, 0.2) is 5.13 Å². The fourth-order valence-corrected chi connectivity index (χ4v) is 5.43. The van der Waals surface area contributed by atoms with Crippen LogP contribution in [0.4, 0.5) is 24.3 Å². The van der Waals surface area contributed by atoms with Gasteiger partial charge in [0.25, 0.3) is 0 Å². The molecule has 33 heavy (non-hydrogen) atoms. The number of halogens is 3. The van der Waals surface area contributed by atoms with Crippen LogP contribution in [0.25, 0.3) is 21.8 Å². The number of piperazine rings is 1. The third-order valence-corrected chi connectivity index (χ3v) is 7.18. The molecule has 5 rings (SSSR count). The lowest BCUT2D eigenvalue weighted by molar-refractivity contribution is -0.137. The molecule has 0 bridgehead atoms. The topological polar surface area (TPSA) is 66.0 Å². The van der Waals surface area contributed by atoms with Crippen molar-refractivity contribution in [2.45, 2.75) is 37.9 Å². The first-order valence-electron chi connectivity index (χ1n) is 11.2. The van der Waals surface area contributed by atoms with Gasteiger partial charge in [-0.3, -0.25) is 0 Å². The van der Waals surface area contributed by atoms with E-state index in [0.717, 1.165) is 55.1 Å². The summed E-state index contributed by atoms with van der Waals surface area (Å²) >= 11 is 1.47. The molecule has 10 heteroatoms. The van der Waals surface area contributed by atoms with Crippen LogP contribution in [0.2, 0.25) is 0 Å². The van der Waals surface area contributed by atoms with Gasteiger partial charge < -0.3 is 15.5 Å². The Balaban J connectivity index is 1.55. The fourth-order valence-electron chi connectivity index (χ4n) is 4.32. The normalized spacial score (nSPS) is 17.5. The zero-order valence-electron chi connectivity index (χ0n) is 18.0. The standard InChI is InChI=1S/C23H25F3N6S/c24-23(25,26)16-5-3-4-15(14-16)19-20(33-22(31-19)32-12-10-27-11-13-32)18-8-9-28-21(30-18)29-17-6-1-2-7-17/h3-5,8-9,14,17,27H,1-2,6-7,10-13H2,(H,28,29,30). The zero-order valence-corrected chi connectivity index (χ0v) is 18.8. The van der Waals surface area contributed by atoms with E-state index >= 15 is 0 Å². The summed E-state index contributed by atoms with van der Waals surface area (Å²) in [6.45, 7) is 3.29. The Kier molecular flexibility index (Phi) is 6.20. The Hall–Kier alpha value is -2.72. The molecule has 6 nitrogen and oxygen atoms in total. The van der Waals surface area contributed by atoms with Crippen molar-refractivity contribution in [3.8, 4) is 21.8 Å². The van der Waals surface area contributed by atoms with E-state index < -0.39 is 11.7 Å². The Morgan fingerprint density at radius 3 is 2.61 bits per heavy atom. The second-order valence-electron chi connectivity index (χ2n) is 8.38. The lowest BCUT2D eigenvalue weighted by Gasteiger charge is -2.26. The van der Waals surface area contributed by atoms with Crippen molar-refractivity contribution in [3.05, 3.63) is 42.1 Å². The molecule has 1 saturated heterocycles. The number of nitrogens with one attached hydrogen (secondary N) is 2. The summed E-state index contributed by atoms with van der Waals surface area (Å²) < 4.78 is 40.2. The van der Waals surface area contributed by atoms with Gasteiger partial charge in [0, 0.05) is 44.0 Å². The maximum Gasteiger partial charge on any atom is 0.416 e. The number of anilines is 2. The third-order valence-electron chi connectivity index (χ3n) is 6.04. The van der Waals surface area contributed by atoms with E-state index in [2.05, 4.69) is 20.5 Å². The van der Waals surface area contributed by atoms with Gasteiger partial charge in [-0.1, -0.05) is 36.3 Å². The van der Waals surface area contributed by atoms with Crippen LogP contribution in [0, 0.1) is 0 Å². The minimum Gasteiger partial charge on any atom is -0.351 e. The first-order chi connectivity index (χ1) is 16.0. The van der Waals surface area contributed by atoms with Gasteiger partial charge in [-0.05, 0) is 31.0 Å². The van der Waals surface area contributed by atoms with Gasteiger partial charge in [0.2, 0.25) is 5.95 Å². The monoisotopic (exact) mass is 474 g/mol. The van der Waals surface area contributed by atoms with Crippen molar-refractivity contribution in [1.29, 1.82) is 0 Å². The molecular formula is C23H25F3N6S. The van der Waals surface area contributed by atoms with E-state index in [9.17, 15) is 13.2 Å². The van der Waals surface area contributed by atoms with Crippen molar-refractivity contribution < 1.29 is 13.2 Å². The summed E-state index contributed by atoms with van der Waals surface area (Å²) in [5.74, 6) is 0.548. The molecule has 0 amide bonds. The molecule has 1 saturated carbocycles. The predicted octanol–water partition coefficient (Wildman–Crippen LogP) is 5.05. The molecule has 0 unspecified atom stereocenters. The van der Waals surface area contributed by atoms with Gasteiger partial charge in [0.1, 0.15) is 0 Å². The minimum atomic E-state index is -4.42. The van der Waals surface area contributed by atoms with Gasteiger partial charge >= 0.3 is 6.18 Å². The van der Waals surface area contributed by atoms with Crippen LogP contribution >= 0.6 is 11.3 Å². The minimum absolute atomic E-state index is 0.362. The Bertz CT molecular complexity index is 1100. The predicted molar refractivity (Wildman–Crippen MR) is 125 cm³/mol. The summed E-state index contributed by atoms with van der Waals surface area (Å²) in [6, 6.07) is 7.51. The number of thiazole rings is 1. The summed E-state index contributed by atoms with van der Waals surface area (Å²) in [5, 5.41) is 7.51. The molecule has 2 aliphatic rings. The molecule has 0 spiro atoms. The fraction of sp³-hybridized carbons (Fsp3) is 0.435. The highest BCUT2D eigenvalue weighted by molar-refractivity contribution is 7.19. The highest BCUT2D eigenvalue weighted by Gasteiger charge is 2.31. The van der Waals surface area contributed by atoms with Crippen LogP contribution in [0.3, 0.4) is 0 Å². The van der Waals surface area contributed by atoms with E-state index in [1.165, 1.54) is 36.3 Å². The molecule has 3 heterocycles. The zero-order chi connectivity index (χ0) is 22.8. The largest absolute Gasteiger partial charge is 0.416 e. The highest BCUT2D eigenvalue weighted by Crippen LogP contribution is 2.41. The van der Waals surface area contributed by atoms with Crippen LogP contribution < -0.4 is 15.5 Å². The highest BCUT2D eigenvalue weighted by atomic mass is 32.1. The van der Waals surface area contributed by atoms with Crippen LogP contribution in [0.5, 0.6) is 0 Å². The average molecular weight is 475 g/mol. The second kappa shape index (κ2) is 9.26. The number of hydrogen-bond acceptors (Lipinski definition) is 7. The number of hydrogen-bond donors (Lipinski definition) is 2. The maximum atomic E-state index is 13.4. The van der Waals surface area contributed by atoms with Crippen LogP contribution in [0.15, 0.2) is 36.5 Å². The Labute approximate surface area is 194 Å². The molecule has 3 aromatic rings. The second-order valence-corrected chi connectivity index (χ2v) is 9.36. The van der Waals surface area contributed by atoms with Crippen LogP contribution in [-0.4, -0.2) is 47.2 Å². The van der Waals surface area contributed by atoms with Gasteiger partial charge in [-0.15, -0.1) is 0 Å². The number of aromatic nitrogens is 3. The molecule has 0 radical (unpaired) electrons. The van der Waals surface area contributed by atoms with Crippen LogP contribution in [0.1, 0.15) is 31.2 Å². The van der Waals surface area contributed by atoms with Crippen molar-refractivity contribution in [3.63, 3.8) is 0 Å². The lowest BCUT2D eigenvalue weighted by Crippen LogP contribution is -2.43. The average Bonchev–Trinajstić information content (AvgIpc) is 3.50. The number of rotatable bonds is 5. The van der Waals surface area contributed by atoms with E-state index in [-0.39, 0.29) is 0 Å². The van der Waals surface area contributed by atoms with Gasteiger partial charge in [-0.2, -0.15) is 13.2 Å². The molecule has 174 valence electrons. The quantitative estimate of drug-likeness (QED) is 0.540. The first kappa shape index (κ1) is 22.1. The van der Waals surface area contributed by atoms with E-state index in [1.54, 1.807) is 18.3 Å². The number of nitrogens with zero attached hydrogens (tertiary/aromatic N) is 4. The number of alkyl halides is 3. The molecule has 0 atom stereocenters. The smallest absolute Gasteiger partial charge is 0.351 e. The van der Waals surface area contributed by atoms with Crippen LogP contribution in [-0.2, 0) is 6.18 Å². The maximum absolute atomic E-state index is 13.4. The summed E-state index contributed by atoms with van der Waals surface area (Å²) in [4.78, 5) is 16.8. The summed E-state index contributed by atoms with van der Waals surface area (Å²) in [5.41, 5.74) is 0.928. The molecule has 2 fully saturated rings. The Morgan fingerprint density at radius 1 is 1.06 bits per heavy atom. The van der Waals surface area contributed by atoms with Crippen molar-refractivity contribution in [1.82, 2.24) is 20.3 Å². The molecule has 2 aromatic heterocycles.